The van der Waals surface area contributed by atoms with Gasteiger partial charge in [-0.05, 0) is 62.9 Å². The van der Waals surface area contributed by atoms with Gasteiger partial charge in [0.1, 0.15) is 5.76 Å². The van der Waals surface area contributed by atoms with Gasteiger partial charge in [0, 0.05) is 13.0 Å². The van der Waals surface area contributed by atoms with Crippen LogP contribution >= 0.6 is 0 Å². The maximum absolute atomic E-state index is 12.3. The highest BCUT2D eigenvalue weighted by Crippen LogP contribution is 2.26. The second-order valence-corrected chi connectivity index (χ2v) is 7.54. The molecule has 0 bridgehead atoms. The molecule has 4 nitrogen and oxygen atoms in total. The van der Waals surface area contributed by atoms with Crippen molar-refractivity contribution >= 4 is 5.91 Å². The van der Waals surface area contributed by atoms with E-state index in [4.69, 9.17) is 4.42 Å². The van der Waals surface area contributed by atoms with Crippen LogP contribution in [0.5, 0.6) is 0 Å². The lowest BCUT2D eigenvalue weighted by atomic mass is 9.97. The SMILES string of the molecule is Cc1ccc(CCC(=O)NCC(c2ccco2)N2CCC(C)CC2)cc1. The van der Waals surface area contributed by atoms with Crippen LogP contribution in [-0.2, 0) is 11.2 Å². The molecule has 2 heterocycles. The summed E-state index contributed by atoms with van der Waals surface area (Å²) in [5.41, 5.74) is 2.45. The molecule has 2 aromatic rings. The topological polar surface area (TPSA) is 45.5 Å². The van der Waals surface area contributed by atoms with Crippen LogP contribution in [0.25, 0.3) is 0 Å². The molecular weight excluding hydrogens is 324 g/mol. The van der Waals surface area contributed by atoms with Crippen molar-refractivity contribution in [3.8, 4) is 0 Å². The number of amides is 1. The van der Waals surface area contributed by atoms with Crippen molar-refractivity contribution in [3.63, 3.8) is 0 Å². The van der Waals surface area contributed by atoms with E-state index in [-0.39, 0.29) is 11.9 Å². The summed E-state index contributed by atoms with van der Waals surface area (Å²) in [5, 5.41) is 3.12. The van der Waals surface area contributed by atoms with E-state index in [1.807, 2.05) is 12.1 Å². The summed E-state index contributed by atoms with van der Waals surface area (Å²) in [6.45, 7) is 7.12. The van der Waals surface area contributed by atoms with Crippen LogP contribution in [0.15, 0.2) is 47.1 Å². The Morgan fingerprint density at radius 1 is 1.23 bits per heavy atom. The zero-order valence-corrected chi connectivity index (χ0v) is 15.9. The van der Waals surface area contributed by atoms with Gasteiger partial charge in [-0.2, -0.15) is 0 Å². The number of furan rings is 1. The molecule has 0 spiro atoms. The Hall–Kier alpha value is -2.07. The van der Waals surface area contributed by atoms with Gasteiger partial charge in [-0.25, -0.2) is 0 Å². The number of rotatable bonds is 7. The highest BCUT2D eigenvalue weighted by molar-refractivity contribution is 5.76. The molecule has 1 unspecified atom stereocenters. The maximum atomic E-state index is 12.3. The molecule has 1 aliphatic heterocycles. The number of carbonyl (C=O) groups excluding carboxylic acids is 1. The van der Waals surface area contributed by atoms with Crippen molar-refractivity contribution in [2.45, 2.75) is 45.6 Å². The molecule has 1 N–H and O–H groups in total. The highest BCUT2D eigenvalue weighted by atomic mass is 16.3. The summed E-state index contributed by atoms with van der Waals surface area (Å²) in [4.78, 5) is 14.8. The Balaban J connectivity index is 1.52. The van der Waals surface area contributed by atoms with Crippen molar-refractivity contribution in [2.75, 3.05) is 19.6 Å². The molecule has 3 rings (SSSR count). The van der Waals surface area contributed by atoms with Crippen LogP contribution in [-0.4, -0.2) is 30.4 Å². The van der Waals surface area contributed by atoms with Gasteiger partial charge in [-0.3, -0.25) is 9.69 Å². The average Bonchev–Trinajstić information content (AvgIpc) is 3.17. The first-order chi connectivity index (χ1) is 12.6. The Morgan fingerprint density at radius 3 is 2.62 bits per heavy atom. The zero-order valence-electron chi connectivity index (χ0n) is 15.9. The summed E-state index contributed by atoms with van der Waals surface area (Å²) in [5.74, 6) is 1.83. The largest absolute Gasteiger partial charge is 0.468 e. The average molecular weight is 354 g/mol. The number of piperidine rings is 1. The Bertz CT molecular complexity index is 671. The molecule has 1 fully saturated rings. The van der Waals surface area contributed by atoms with Gasteiger partial charge in [0.25, 0.3) is 0 Å². The monoisotopic (exact) mass is 354 g/mol. The van der Waals surface area contributed by atoms with Crippen LogP contribution in [0.2, 0.25) is 0 Å². The zero-order chi connectivity index (χ0) is 18.4. The minimum Gasteiger partial charge on any atom is -0.468 e. The third kappa shape index (κ3) is 5.21. The Kier molecular flexibility index (Phi) is 6.51. The van der Waals surface area contributed by atoms with E-state index >= 15 is 0 Å². The van der Waals surface area contributed by atoms with Crippen molar-refractivity contribution < 1.29 is 9.21 Å². The minimum atomic E-state index is 0.104. The molecule has 1 atom stereocenters. The number of aryl methyl sites for hydroxylation is 2. The molecule has 4 heteroatoms. The minimum absolute atomic E-state index is 0.104. The van der Waals surface area contributed by atoms with Gasteiger partial charge in [-0.1, -0.05) is 36.8 Å². The number of likely N-dealkylation sites (tertiary alicyclic amines) is 1. The standard InChI is InChI=1S/C22H30N2O2/c1-17-5-7-19(8-6-17)9-10-22(25)23-16-20(21-4-3-15-26-21)24-13-11-18(2)12-14-24/h3-8,15,18,20H,9-14,16H2,1-2H3,(H,23,25). The van der Waals surface area contributed by atoms with E-state index < -0.39 is 0 Å². The fourth-order valence-corrected chi connectivity index (χ4v) is 3.54. The quantitative estimate of drug-likeness (QED) is 0.814. The number of benzene rings is 1. The summed E-state index contributed by atoms with van der Waals surface area (Å²) < 4.78 is 5.66. The Labute approximate surface area is 156 Å². The molecule has 26 heavy (non-hydrogen) atoms. The lowest BCUT2D eigenvalue weighted by molar-refractivity contribution is -0.121. The summed E-state index contributed by atoms with van der Waals surface area (Å²) in [6.07, 6.45) is 5.43. The van der Waals surface area contributed by atoms with Gasteiger partial charge in [0.15, 0.2) is 0 Å². The predicted octanol–water partition coefficient (Wildman–Crippen LogP) is 4.11. The Morgan fingerprint density at radius 2 is 1.96 bits per heavy atom. The van der Waals surface area contributed by atoms with Crippen LogP contribution < -0.4 is 5.32 Å². The summed E-state index contributed by atoms with van der Waals surface area (Å²) >= 11 is 0. The summed E-state index contributed by atoms with van der Waals surface area (Å²) in [7, 11) is 0. The number of nitrogens with one attached hydrogen (secondary N) is 1. The lowest BCUT2D eigenvalue weighted by Crippen LogP contribution is -2.41. The molecule has 1 saturated heterocycles. The van der Waals surface area contributed by atoms with E-state index in [1.165, 1.54) is 24.0 Å². The van der Waals surface area contributed by atoms with E-state index in [0.717, 1.165) is 31.2 Å². The van der Waals surface area contributed by atoms with Crippen molar-refractivity contribution in [1.29, 1.82) is 0 Å². The molecule has 0 radical (unpaired) electrons. The van der Waals surface area contributed by atoms with Gasteiger partial charge >= 0.3 is 0 Å². The van der Waals surface area contributed by atoms with Gasteiger partial charge in [-0.15, -0.1) is 0 Å². The maximum Gasteiger partial charge on any atom is 0.220 e. The van der Waals surface area contributed by atoms with Crippen LogP contribution in [0.1, 0.15) is 49.1 Å². The summed E-state index contributed by atoms with van der Waals surface area (Å²) in [6, 6.07) is 12.5. The molecule has 1 aliphatic rings. The van der Waals surface area contributed by atoms with Crippen LogP contribution in [0.3, 0.4) is 0 Å². The molecule has 0 aliphatic carbocycles. The molecule has 0 saturated carbocycles. The third-order valence-corrected chi connectivity index (χ3v) is 5.38. The van der Waals surface area contributed by atoms with Crippen LogP contribution in [0.4, 0.5) is 0 Å². The van der Waals surface area contributed by atoms with E-state index in [0.29, 0.717) is 13.0 Å². The third-order valence-electron chi connectivity index (χ3n) is 5.38. The van der Waals surface area contributed by atoms with Gasteiger partial charge in [0.05, 0.1) is 12.3 Å². The van der Waals surface area contributed by atoms with E-state index in [1.54, 1.807) is 6.26 Å². The van der Waals surface area contributed by atoms with Gasteiger partial charge in [0.2, 0.25) is 5.91 Å². The molecule has 1 aromatic heterocycles. The first-order valence-corrected chi connectivity index (χ1v) is 9.71. The molecule has 1 aromatic carbocycles. The lowest BCUT2D eigenvalue weighted by Gasteiger charge is -2.35. The normalized spacial score (nSPS) is 17.2. The fourth-order valence-electron chi connectivity index (χ4n) is 3.54. The number of nitrogens with zero attached hydrogens (tertiary/aromatic N) is 1. The molecule has 140 valence electrons. The first-order valence-electron chi connectivity index (χ1n) is 9.71. The van der Waals surface area contributed by atoms with Gasteiger partial charge < -0.3 is 9.73 Å². The predicted molar refractivity (Wildman–Crippen MR) is 104 cm³/mol. The van der Waals surface area contributed by atoms with E-state index in [9.17, 15) is 4.79 Å². The number of hydrogen-bond donors (Lipinski definition) is 1. The number of carbonyl (C=O) groups is 1. The second-order valence-electron chi connectivity index (χ2n) is 7.54. The van der Waals surface area contributed by atoms with Crippen molar-refractivity contribution in [3.05, 3.63) is 59.5 Å². The van der Waals surface area contributed by atoms with Crippen molar-refractivity contribution in [1.82, 2.24) is 10.2 Å². The highest BCUT2D eigenvalue weighted by Gasteiger charge is 2.26. The fraction of sp³-hybridized carbons (Fsp3) is 0.500. The first kappa shape index (κ1) is 18.7. The molecular formula is C22H30N2O2. The van der Waals surface area contributed by atoms with Crippen molar-refractivity contribution in [2.24, 2.45) is 5.92 Å². The van der Waals surface area contributed by atoms with Crippen LogP contribution in [0, 0.1) is 12.8 Å². The second kappa shape index (κ2) is 9.04. The van der Waals surface area contributed by atoms with E-state index in [2.05, 4.69) is 48.3 Å². The smallest absolute Gasteiger partial charge is 0.220 e. The number of hydrogen-bond acceptors (Lipinski definition) is 3. The molecule has 1 amide bonds.